The second-order valence-corrected chi connectivity index (χ2v) is 7.78. The summed E-state index contributed by atoms with van der Waals surface area (Å²) in [6.07, 6.45) is 5.12. The Morgan fingerprint density at radius 1 is 0.939 bits per heavy atom. The Labute approximate surface area is 194 Å². The fraction of sp³-hybridized carbons (Fsp3) is 0.130. The predicted molar refractivity (Wildman–Crippen MR) is 124 cm³/mol. The molecule has 0 aliphatic carbocycles. The number of pyridine rings is 2. The molecule has 1 unspecified atom stereocenters. The fourth-order valence-corrected chi connectivity index (χ4v) is 3.60. The lowest BCUT2D eigenvalue weighted by Gasteiger charge is -2.16. The lowest BCUT2D eigenvalue weighted by atomic mass is 10.2. The van der Waals surface area contributed by atoms with E-state index in [1.54, 1.807) is 18.6 Å². The maximum Gasteiger partial charge on any atom is 0.316 e. The molecule has 1 N–H and O–H groups in total. The third kappa shape index (κ3) is 4.18. The Morgan fingerprint density at radius 3 is 2.52 bits per heavy atom. The Bertz CT molecular complexity index is 1380. The Balaban J connectivity index is 1.50. The summed E-state index contributed by atoms with van der Waals surface area (Å²) in [5.41, 5.74) is 3.28. The molecule has 0 saturated heterocycles. The fourth-order valence-electron chi connectivity index (χ4n) is 3.38. The Hall–Kier alpha value is -4.11. The van der Waals surface area contributed by atoms with E-state index in [2.05, 4.69) is 35.7 Å². The summed E-state index contributed by atoms with van der Waals surface area (Å²) < 4.78 is 7.71. The van der Waals surface area contributed by atoms with Crippen LogP contribution >= 0.6 is 11.6 Å². The molecular weight excluding hydrogens is 440 g/mol. The first-order chi connectivity index (χ1) is 16.1. The van der Waals surface area contributed by atoms with Crippen LogP contribution in [0.25, 0.3) is 28.5 Å². The third-order valence-corrected chi connectivity index (χ3v) is 5.35. The average Bonchev–Trinajstić information content (AvgIpc) is 3.48. The summed E-state index contributed by atoms with van der Waals surface area (Å²) in [5.74, 6) is 1.65. The predicted octanol–water partition coefficient (Wildman–Crippen LogP) is 4.91. The van der Waals surface area contributed by atoms with Crippen LogP contribution in [-0.2, 0) is 0 Å². The van der Waals surface area contributed by atoms with E-state index in [1.807, 2.05) is 66.9 Å². The highest BCUT2D eigenvalue weighted by Gasteiger charge is 2.23. The Kier molecular flexibility index (Phi) is 5.54. The van der Waals surface area contributed by atoms with Gasteiger partial charge in [0.1, 0.15) is 0 Å². The average molecular weight is 459 g/mol. The number of anilines is 1. The summed E-state index contributed by atoms with van der Waals surface area (Å²) in [6, 6.07) is 15.0. The van der Waals surface area contributed by atoms with Crippen molar-refractivity contribution in [1.29, 1.82) is 0 Å². The first-order valence-corrected chi connectivity index (χ1v) is 10.6. The normalized spacial score (nSPS) is 12.0. The van der Waals surface area contributed by atoms with Gasteiger partial charge in [0.2, 0.25) is 0 Å². The van der Waals surface area contributed by atoms with Crippen LogP contribution in [0, 0.1) is 6.92 Å². The number of nitrogens with zero attached hydrogens (tertiary/aromatic N) is 7. The molecular formula is C23H19ClN8O. The molecule has 0 saturated carbocycles. The first kappa shape index (κ1) is 20.8. The van der Waals surface area contributed by atoms with E-state index in [1.165, 1.54) is 0 Å². The number of nitrogens with one attached hydrogen (secondary N) is 1. The van der Waals surface area contributed by atoms with Crippen LogP contribution in [0.2, 0.25) is 5.02 Å². The summed E-state index contributed by atoms with van der Waals surface area (Å²) in [4.78, 5) is 8.36. The molecule has 5 rings (SSSR count). The van der Waals surface area contributed by atoms with Crippen LogP contribution in [0.15, 0.2) is 71.5 Å². The molecule has 0 aliphatic rings. The third-order valence-electron chi connectivity index (χ3n) is 5.03. The second-order valence-electron chi connectivity index (χ2n) is 7.37. The number of aromatic nitrogens is 7. The highest BCUT2D eigenvalue weighted by molar-refractivity contribution is 6.32. The molecule has 0 bridgehead atoms. The zero-order valence-electron chi connectivity index (χ0n) is 17.8. The molecule has 0 radical (unpaired) electrons. The van der Waals surface area contributed by atoms with E-state index in [0.29, 0.717) is 22.6 Å². The zero-order chi connectivity index (χ0) is 22.8. The summed E-state index contributed by atoms with van der Waals surface area (Å²) in [6.45, 7) is 3.85. The maximum atomic E-state index is 6.54. The van der Waals surface area contributed by atoms with Crippen molar-refractivity contribution in [3.05, 3.63) is 83.7 Å². The van der Waals surface area contributed by atoms with Crippen molar-refractivity contribution >= 4 is 17.6 Å². The number of aryl methyl sites for hydroxylation is 1. The molecule has 0 spiro atoms. The molecule has 1 atom stereocenters. The molecule has 0 amide bonds. The van der Waals surface area contributed by atoms with E-state index in [4.69, 9.17) is 16.0 Å². The van der Waals surface area contributed by atoms with Gasteiger partial charge in [-0.1, -0.05) is 28.8 Å². The zero-order valence-corrected chi connectivity index (χ0v) is 18.6. The van der Waals surface area contributed by atoms with E-state index < -0.39 is 0 Å². The van der Waals surface area contributed by atoms with E-state index in [0.717, 1.165) is 22.5 Å². The van der Waals surface area contributed by atoms with Crippen LogP contribution in [0.4, 0.5) is 6.01 Å². The van der Waals surface area contributed by atoms with Gasteiger partial charge in [-0.2, -0.15) is 0 Å². The lowest BCUT2D eigenvalue weighted by Crippen LogP contribution is -2.14. The SMILES string of the molecule is Cc1ccc(-c2nnc(NC(C)c3nnc(-c4ccncc4)n3-c3ccccc3Cl)o2)cn1. The second kappa shape index (κ2) is 8.79. The van der Waals surface area contributed by atoms with Gasteiger partial charge in [0, 0.05) is 29.8 Å². The van der Waals surface area contributed by atoms with Crippen LogP contribution in [0.5, 0.6) is 0 Å². The molecule has 4 heterocycles. The van der Waals surface area contributed by atoms with Gasteiger partial charge in [-0.25, -0.2) is 0 Å². The summed E-state index contributed by atoms with van der Waals surface area (Å²) in [5, 5.41) is 20.9. The standard InChI is InChI=1S/C23H19ClN8O/c1-14-7-8-17(13-26-14)22-30-31-23(33-22)27-15(2)20-28-29-21(16-9-11-25-12-10-16)32(20)19-6-4-3-5-18(19)24/h3-13,15H,1-2H3,(H,27,31). The van der Waals surface area contributed by atoms with Crippen LogP contribution in [0.3, 0.4) is 0 Å². The maximum absolute atomic E-state index is 6.54. The molecule has 1 aromatic carbocycles. The summed E-state index contributed by atoms with van der Waals surface area (Å²) >= 11 is 6.54. The van der Waals surface area contributed by atoms with Gasteiger partial charge in [0.25, 0.3) is 5.89 Å². The minimum Gasteiger partial charge on any atom is -0.403 e. The number of para-hydroxylation sites is 1. The Morgan fingerprint density at radius 2 is 1.76 bits per heavy atom. The van der Waals surface area contributed by atoms with Crippen molar-refractivity contribution in [3.8, 4) is 28.5 Å². The number of rotatable bonds is 6. The van der Waals surface area contributed by atoms with Crippen molar-refractivity contribution in [2.45, 2.75) is 19.9 Å². The van der Waals surface area contributed by atoms with E-state index in [9.17, 15) is 0 Å². The molecule has 33 heavy (non-hydrogen) atoms. The molecule has 164 valence electrons. The minimum absolute atomic E-state index is 0.261. The van der Waals surface area contributed by atoms with Gasteiger partial charge in [0.15, 0.2) is 11.6 Å². The molecule has 0 aliphatic heterocycles. The highest BCUT2D eigenvalue weighted by atomic mass is 35.5. The molecule has 0 fully saturated rings. The smallest absolute Gasteiger partial charge is 0.316 e. The summed E-state index contributed by atoms with van der Waals surface area (Å²) in [7, 11) is 0. The quantitative estimate of drug-likeness (QED) is 0.382. The van der Waals surface area contributed by atoms with Crippen LogP contribution < -0.4 is 5.32 Å². The van der Waals surface area contributed by atoms with E-state index >= 15 is 0 Å². The molecule has 5 aromatic rings. The van der Waals surface area contributed by atoms with Crippen molar-refractivity contribution in [1.82, 2.24) is 34.9 Å². The topological polar surface area (TPSA) is 107 Å². The van der Waals surface area contributed by atoms with Gasteiger partial charge in [-0.3, -0.25) is 14.5 Å². The molecule has 9 nitrogen and oxygen atoms in total. The van der Waals surface area contributed by atoms with Gasteiger partial charge >= 0.3 is 6.01 Å². The van der Waals surface area contributed by atoms with Crippen molar-refractivity contribution in [3.63, 3.8) is 0 Å². The molecule has 10 heteroatoms. The largest absolute Gasteiger partial charge is 0.403 e. The monoisotopic (exact) mass is 458 g/mol. The van der Waals surface area contributed by atoms with Crippen molar-refractivity contribution in [2.24, 2.45) is 0 Å². The highest BCUT2D eigenvalue weighted by Crippen LogP contribution is 2.30. The minimum atomic E-state index is -0.325. The van der Waals surface area contributed by atoms with Gasteiger partial charge in [-0.05, 0) is 50.2 Å². The number of hydrogen-bond donors (Lipinski definition) is 1. The number of halogens is 1. The molecule has 4 aromatic heterocycles. The number of hydrogen-bond acceptors (Lipinski definition) is 8. The van der Waals surface area contributed by atoms with Crippen LogP contribution in [0.1, 0.15) is 24.5 Å². The number of benzene rings is 1. The van der Waals surface area contributed by atoms with Gasteiger partial charge in [-0.15, -0.1) is 15.3 Å². The van der Waals surface area contributed by atoms with Gasteiger partial charge in [0.05, 0.1) is 22.3 Å². The van der Waals surface area contributed by atoms with Gasteiger partial charge < -0.3 is 9.73 Å². The van der Waals surface area contributed by atoms with Crippen molar-refractivity contribution < 1.29 is 4.42 Å². The van der Waals surface area contributed by atoms with E-state index in [-0.39, 0.29) is 12.1 Å². The van der Waals surface area contributed by atoms with Crippen LogP contribution in [-0.4, -0.2) is 34.9 Å². The first-order valence-electron chi connectivity index (χ1n) is 10.2. The van der Waals surface area contributed by atoms with Crippen molar-refractivity contribution in [2.75, 3.05) is 5.32 Å². The lowest BCUT2D eigenvalue weighted by molar-refractivity contribution is 0.568.